The molecule has 27 heavy (non-hydrogen) atoms. The van der Waals surface area contributed by atoms with E-state index in [0.717, 1.165) is 35.0 Å². The number of amides is 1. The van der Waals surface area contributed by atoms with Crippen LogP contribution in [0.2, 0.25) is 0 Å². The minimum atomic E-state index is -1.03. The average molecular weight is 389 g/mol. The Bertz CT molecular complexity index is 992. The molecular formula is C18H17F2N5OS. The Labute approximate surface area is 158 Å². The zero-order valence-electron chi connectivity index (χ0n) is 14.6. The lowest BCUT2D eigenvalue weighted by molar-refractivity contribution is -0.115. The molecule has 140 valence electrons. The van der Waals surface area contributed by atoms with E-state index in [-0.39, 0.29) is 5.69 Å². The van der Waals surface area contributed by atoms with Gasteiger partial charge in [-0.05, 0) is 31.5 Å². The molecular weight excluding hydrogens is 372 g/mol. The van der Waals surface area contributed by atoms with E-state index < -0.39 is 22.8 Å². The van der Waals surface area contributed by atoms with E-state index in [1.807, 2.05) is 31.2 Å². The van der Waals surface area contributed by atoms with Gasteiger partial charge in [0.1, 0.15) is 0 Å². The van der Waals surface area contributed by atoms with E-state index in [9.17, 15) is 13.6 Å². The van der Waals surface area contributed by atoms with E-state index >= 15 is 0 Å². The number of hydrogen-bond acceptors (Lipinski definition) is 5. The van der Waals surface area contributed by atoms with Gasteiger partial charge in [0, 0.05) is 17.3 Å². The molecule has 0 aliphatic carbocycles. The zero-order valence-corrected chi connectivity index (χ0v) is 15.4. The van der Waals surface area contributed by atoms with E-state index in [4.69, 9.17) is 5.84 Å². The van der Waals surface area contributed by atoms with Gasteiger partial charge in [-0.25, -0.2) is 13.5 Å². The molecule has 0 aliphatic rings. The molecule has 0 bridgehead atoms. The highest BCUT2D eigenvalue weighted by atomic mass is 32.2. The lowest BCUT2D eigenvalue weighted by Gasteiger charge is -2.12. The fraction of sp³-hybridized carbons (Fsp3) is 0.167. The maximum absolute atomic E-state index is 13.3. The molecule has 0 fully saturated rings. The Morgan fingerprint density at radius 2 is 1.93 bits per heavy atom. The number of halogens is 2. The molecule has 0 radical (unpaired) electrons. The summed E-state index contributed by atoms with van der Waals surface area (Å²) in [6, 6.07) is 10.8. The van der Waals surface area contributed by atoms with Crippen molar-refractivity contribution in [2.24, 2.45) is 0 Å². The zero-order chi connectivity index (χ0) is 19.6. The predicted octanol–water partition coefficient (Wildman–Crippen LogP) is 3.36. The van der Waals surface area contributed by atoms with Crippen molar-refractivity contribution in [2.45, 2.75) is 24.3 Å². The van der Waals surface area contributed by atoms with Crippen molar-refractivity contribution in [3.05, 3.63) is 59.7 Å². The molecule has 1 atom stereocenters. The van der Waals surface area contributed by atoms with Crippen LogP contribution in [-0.4, -0.2) is 26.0 Å². The highest BCUT2D eigenvalue weighted by molar-refractivity contribution is 8.00. The first kappa shape index (κ1) is 18.8. The Hall–Kier alpha value is -2.94. The number of nitrogens with one attached hydrogen (secondary N) is 1. The number of thioether (sulfide) groups is 1. The van der Waals surface area contributed by atoms with Crippen LogP contribution in [0.25, 0.3) is 11.4 Å². The highest BCUT2D eigenvalue weighted by Crippen LogP contribution is 2.27. The number of benzene rings is 2. The van der Waals surface area contributed by atoms with Crippen molar-refractivity contribution in [3.8, 4) is 11.4 Å². The number of nitrogen functional groups attached to an aromatic ring is 1. The van der Waals surface area contributed by atoms with E-state index in [0.29, 0.717) is 11.0 Å². The summed E-state index contributed by atoms with van der Waals surface area (Å²) >= 11 is 1.11. The van der Waals surface area contributed by atoms with Gasteiger partial charge in [0.15, 0.2) is 17.5 Å². The van der Waals surface area contributed by atoms with Crippen LogP contribution in [0.1, 0.15) is 12.5 Å². The molecule has 1 amide bonds. The van der Waals surface area contributed by atoms with Crippen LogP contribution < -0.4 is 11.2 Å². The van der Waals surface area contributed by atoms with Gasteiger partial charge in [0.25, 0.3) is 0 Å². The molecule has 0 aliphatic heterocycles. The Balaban J connectivity index is 1.72. The summed E-state index contributed by atoms with van der Waals surface area (Å²) in [5.74, 6) is 4.18. The summed E-state index contributed by atoms with van der Waals surface area (Å²) in [5.41, 5.74) is 2.01. The smallest absolute Gasteiger partial charge is 0.237 e. The van der Waals surface area contributed by atoms with E-state index in [1.165, 1.54) is 10.7 Å². The monoisotopic (exact) mass is 389 g/mol. The average Bonchev–Trinajstić information content (AvgIpc) is 2.99. The molecule has 2 aromatic carbocycles. The van der Waals surface area contributed by atoms with Crippen LogP contribution >= 0.6 is 11.8 Å². The number of aryl methyl sites for hydroxylation is 1. The first-order chi connectivity index (χ1) is 12.9. The molecule has 6 nitrogen and oxygen atoms in total. The number of aromatic nitrogens is 3. The molecule has 1 heterocycles. The van der Waals surface area contributed by atoms with Crippen LogP contribution in [0, 0.1) is 18.6 Å². The number of carbonyl (C=O) groups is 1. The van der Waals surface area contributed by atoms with Gasteiger partial charge in [-0.2, -0.15) is 0 Å². The van der Waals surface area contributed by atoms with Gasteiger partial charge < -0.3 is 11.2 Å². The van der Waals surface area contributed by atoms with Crippen LogP contribution in [0.3, 0.4) is 0 Å². The first-order valence-electron chi connectivity index (χ1n) is 8.06. The number of carbonyl (C=O) groups excluding carboxylic acids is 1. The van der Waals surface area contributed by atoms with Crippen molar-refractivity contribution >= 4 is 23.4 Å². The highest BCUT2D eigenvalue weighted by Gasteiger charge is 2.21. The minimum Gasteiger partial charge on any atom is -0.335 e. The van der Waals surface area contributed by atoms with Crippen LogP contribution in [0.15, 0.2) is 47.6 Å². The van der Waals surface area contributed by atoms with Gasteiger partial charge in [0.05, 0.1) is 5.25 Å². The maximum Gasteiger partial charge on any atom is 0.237 e. The van der Waals surface area contributed by atoms with Gasteiger partial charge in [-0.1, -0.05) is 36.0 Å². The second-order valence-corrected chi connectivity index (χ2v) is 7.18. The lowest BCUT2D eigenvalue weighted by Crippen LogP contribution is -2.23. The van der Waals surface area contributed by atoms with Crippen molar-refractivity contribution in [1.82, 2.24) is 14.9 Å². The summed E-state index contributed by atoms with van der Waals surface area (Å²) in [5, 5.41) is 10.5. The van der Waals surface area contributed by atoms with Crippen molar-refractivity contribution in [1.29, 1.82) is 0 Å². The number of nitrogens with zero attached hydrogens (tertiary/aromatic N) is 3. The second-order valence-electron chi connectivity index (χ2n) is 5.87. The van der Waals surface area contributed by atoms with Crippen molar-refractivity contribution in [3.63, 3.8) is 0 Å². The Kier molecular flexibility index (Phi) is 5.41. The molecule has 3 aromatic rings. The summed E-state index contributed by atoms with van der Waals surface area (Å²) in [4.78, 5) is 12.3. The molecule has 3 N–H and O–H groups in total. The third-order valence-corrected chi connectivity index (χ3v) is 4.95. The third-order valence-electron chi connectivity index (χ3n) is 3.89. The van der Waals surface area contributed by atoms with E-state index in [1.54, 1.807) is 6.92 Å². The molecule has 0 unspecified atom stereocenters. The number of hydrogen-bond donors (Lipinski definition) is 2. The molecule has 9 heteroatoms. The van der Waals surface area contributed by atoms with Gasteiger partial charge in [-0.15, -0.1) is 10.2 Å². The Morgan fingerprint density at radius 1 is 1.19 bits per heavy atom. The summed E-state index contributed by atoms with van der Waals surface area (Å²) in [6.45, 7) is 3.59. The quantitative estimate of drug-likeness (QED) is 0.516. The molecule has 0 saturated carbocycles. The summed E-state index contributed by atoms with van der Waals surface area (Å²) in [7, 11) is 0. The fourth-order valence-corrected chi connectivity index (χ4v) is 3.16. The van der Waals surface area contributed by atoms with Crippen molar-refractivity contribution in [2.75, 3.05) is 11.2 Å². The molecule has 3 rings (SSSR count). The predicted molar refractivity (Wildman–Crippen MR) is 101 cm³/mol. The third kappa shape index (κ3) is 4.08. The van der Waals surface area contributed by atoms with Crippen LogP contribution in [0.5, 0.6) is 0 Å². The SMILES string of the molecule is Cc1ccccc1-c1nnc(S[C@H](C)C(=O)Nc2ccc(F)c(F)c2)n1N. The standard InChI is InChI=1S/C18H17F2N5OS/c1-10-5-3-4-6-13(10)16-23-24-18(25(16)21)27-11(2)17(26)22-12-7-8-14(19)15(20)9-12/h3-9,11H,21H2,1-2H3,(H,22,26)/t11-/m1/s1. The first-order valence-corrected chi connectivity index (χ1v) is 8.94. The van der Waals surface area contributed by atoms with E-state index in [2.05, 4.69) is 15.5 Å². The van der Waals surface area contributed by atoms with Crippen molar-refractivity contribution < 1.29 is 13.6 Å². The van der Waals surface area contributed by atoms with Gasteiger partial charge in [0.2, 0.25) is 11.1 Å². The van der Waals surface area contributed by atoms with Crippen LogP contribution in [-0.2, 0) is 4.79 Å². The minimum absolute atomic E-state index is 0.168. The summed E-state index contributed by atoms with van der Waals surface area (Å²) < 4.78 is 27.6. The fourth-order valence-electron chi connectivity index (χ4n) is 2.39. The van der Waals surface area contributed by atoms with Gasteiger partial charge in [-0.3, -0.25) is 4.79 Å². The van der Waals surface area contributed by atoms with Crippen LogP contribution in [0.4, 0.5) is 14.5 Å². The molecule has 0 saturated heterocycles. The maximum atomic E-state index is 13.3. The lowest BCUT2D eigenvalue weighted by atomic mass is 10.1. The number of nitrogens with two attached hydrogens (primary N) is 1. The summed E-state index contributed by atoms with van der Waals surface area (Å²) in [6.07, 6.45) is 0. The normalized spacial score (nSPS) is 12.0. The number of rotatable bonds is 5. The molecule has 1 aromatic heterocycles. The topological polar surface area (TPSA) is 85.8 Å². The van der Waals surface area contributed by atoms with Gasteiger partial charge >= 0.3 is 0 Å². The Morgan fingerprint density at radius 3 is 2.63 bits per heavy atom. The second kappa shape index (κ2) is 7.75. The largest absolute Gasteiger partial charge is 0.335 e. The number of anilines is 1. The molecule has 0 spiro atoms.